The molecule has 0 heterocycles. The molecule has 94 valence electrons. The molecule has 0 unspecified atom stereocenters. The van der Waals surface area contributed by atoms with Gasteiger partial charge in [-0.3, -0.25) is 4.84 Å². The minimum atomic E-state index is -0.497. The zero-order chi connectivity index (χ0) is 12.7. The highest BCUT2D eigenvalue weighted by Crippen LogP contribution is 2.08. The summed E-state index contributed by atoms with van der Waals surface area (Å²) in [6, 6.07) is 9.76. The molecule has 0 spiro atoms. The highest BCUT2D eigenvalue weighted by atomic mass is 16.6. The van der Waals surface area contributed by atoms with Crippen LogP contribution in [0.1, 0.15) is 19.4 Å². The second-order valence-corrected chi connectivity index (χ2v) is 4.27. The third kappa shape index (κ3) is 4.69. The zero-order valence-corrected chi connectivity index (χ0v) is 10.5. The summed E-state index contributed by atoms with van der Waals surface area (Å²) in [4.78, 5) is 5.35. The zero-order valence-electron chi connectivity index (χ0n) is 10.5. The van der Waals surface area contributed by atoms with Crippen molar-refractivity contribution in [1.29, 1.82) is 0 Å². The molecule has 0 aliphatic heterocycles. The number of hydroxylamine groups is 1. The van der Waals surface area contributed by atoms with Crippen molar-refractivity contribution in [3.8, 4) is 0 Å². The second-order valence-electron chi connectivity index (χ2n) is 4.27. The van der Waals surface area contributed by atoms with E-state index in [9.17, 15) is 5.11 Å². The molecule has 0 aliphatic rings. The van der Waals surface area contributed by atoms with Gasteiger partial charge in [0.15, 0.2) is 0 Å². The Morgan fingerprint density at radius 2 is 2.00 bits per heavy atom. The maximum Gasteiger partial charge on any atom is 0.0933 e. The first-order valence-electron chi connectivity index (χ1n) is 5.87. The van der Waals surface area contributed by atoms with E-state index in [-0.39, 0.29) is 12.0 Å². The van der Waals surface area contributed by atoms with Crippen LogP contribution >= 0.6 is 0 Å². The minimum Gasteiger partial charge on any atom is -0.391 e. The van der Waals surface area contributed by atoms with E-state index < -0.39 is 6.10 Å². The van der Waals surface area contributed by atoms with Gasteiger partial charge >= 0.3 is 0 Å². The van der Waals surface area contributed by atoms with E-state index >= 15 is 0 Å². The Morgan fingerprint density at radius 1 is 1.35 bits per heavy atom. The lowest BCUT2D eigenvalue weighted by Crippen LogP contribution is -2.40. The van der Waals surface area contributed by atoms with E-state index in [2.05, 4.69) is 12.1 Å². The summed E-state index contributed by atoms with van der Waals surface area (Å²) in [7, 11) is 0. The van der Waals surface area contributed by atoms with Crippen molar-refractivity contribution < 1.29 is 9.94 Å². The van der Waals surface area contributed by atoms with Gasteiger partial charge in [0.2, 0.25) is 0 Å². The SMILES string of the molecule is C=C[C@H](C)[C@H](O)[C@H](C)NOCc1ccccc1. The van der Waals surface area contributed by atoms with E-state index in [4.69, 9.17) is 4.84 Å². The largest absolute Gasteiger partial charge is 0.391 e. The fourth-order valence-electron chi connectivity index (χ4n) is 1.50. The monoisotopic (exact) mass is 235 g/mol. The molecule has 2 N–H and O–H groups in total. The van der Waals surface area contributed by atoms with Crippen LogP contribution < -0.4 is 5.48 Å². The van der Waals surface area contributed by atoms with Gasteiger partial charge < -0.3 is 5.11 Å². The van der Waals surface area contributed by atoms with E-state index in [0.717, 1.165) is 5.56 Å². The topological polar surface area (TPSA) is 41.5 Å². The number of aliphatic hydroxyl groups excluding tert-OH is 1. The fraction of sp³-hybridized carbons (Fsp3) is 0.429. The maximum atomic E-state index is 9.87. The van der Waals surface area contributed by atoms with Gasteiger partial charge in [-0.15, -0.1) is 6.58 Å². The number of aliphatic hydroxyl groups is 1. The summed E-state index contributed by atoms with van der Waals surface area (Å²) in [5.41, 5.74) is 3.94. The molecule has 0 aromatic heterocycles. The molecule has 0 amide bonds. The average molecular weight is 235 g/mol. The maximum absolute atomic E-state index is 9.87. The lowest BCUT2D eigenvalue weighted by molar-refractivity contribution is -0.0346. The van der Waals surface area contributed by atoms with Crippen molar-refractivity contribution in [2.45, 2.75) is 32.6 Å². The van der Waals surface area contributed by atoms with Gasteiger partial charge in [0, 0.05) is 5.92 Å². The Morgan fingerprint density at radius 3 is 2.59 bits per heavy atom. The molecule has 1 aromatic rings. The third-order valence-corrected chi connectivity index (χ3v) is 2.77. The van der Waals surface area contributed by atoms with E-state index in [1.54, 1.807) is 6.08 Å². The van der Waals surface area contributed by atoms with E-state index in [1.807, 2.05) is 44.2 Å². The molecule has 0 bridgehead atoms. The van der Waals surface area contributed by atoms with Gasteiger partial charge in [-0.25, -0.2) is 0 Å². The quantitative estimate of drug-likeness (QED) is 0.563. The number of hydrogen-bond donors (Lipinski definition) is 2. The highest BCUT2D eigenvalue weighted by Gasteiger charge is 2.18. The second kappa shape index (κ2) is 7.22. The Bertz CT molecular complexity index is 326. The lowest BCUT2D eigenvalue weighted by atomic mass is 10.00. The first-order valence-corrected chi connectivity index (χ1v) is 5.87. The Labute approximate surface area is 103 Å². The predicted molar refractivity (Wildman–Crippen MR) is 69.2 cm³/mol. The Kier molecular flexibility index (Phi) is 5.91. The van der Waals surface area contributed by atoms with Crippen molar-refractivity contribution in [3.05, 3.63) is 48.6 Å². The number of hydrogen-bond acceptors (Lipinski definition) is 3. The molecule has 0 saturated heterocycles. The van der Waals surface area contributed by atoms with Crippen LogP contribution in [0.2, 0.25) is 0 Å². The molecular formula is C14H21NO2. The van der Waals surface area contributed by atoms with Crippen LogP contribution in [0.15, 0.2) is 43.0 Å². The standard InChI is InChI=1S/C14H21NO2/c1-4-11(2)14(16)12(3)15-17-10-13-8-6-5-7-9-13/h4-9,11-12,14-16H,1,10H2,2-3H3/t11-,12-,14-/m0/s1. The van der Waals surface area contributed by atoms with Gasteiger partial charge in [-0.1, -0.05) is 43.3 Å². The summed E-state index contributed by atoms with van der Waals surface area (Å²) >= 11 is 0. The normalized spacial score (nSPS) is 16.2. The predicted octanol–water partition coefficient (Wildman–Crippen LogP) is 2.28. The van der Waals surface area contributed by atoms with Gasteiger partial charge in [-0.05, 0) is 12.5 Å². The molecule has 3 heteroatoms. The van der Waals surface area contributed by atoms with Crippen LogP contribution in [-0.4, -0.2) is 17.3 Å². The summed E-state index contributed by atoms with van der Waals surface area (Å²) in [5, 5.41) is 9.87. The summed E-state index contributed by atoms with van der Waals surface area (Å²) < 4.78 is 0. The summed E-state index contributed by atoms with van der Waals surface area (Å²) in [6.07, 6.45) is 1.24. The van der Waals surface area contributed by atoms with Crippen molar-refractivity contribution in [2.24, 2.45) is 5.92 Å². The first kappa shape index (κ1) is 13.9. The molecule has 0 saturated carbocycles. The smallest absolute Gasteiger partial charge is 0.0933 e. The van der Waals surface area contributed by atoms with Gasteiger partial charge in [0.1, 0.15) is 0 Å². The summed E-state index contributed by atoms with van der Waals surface area (Å²) in [6.45, 7) is 7.96. The van der Waals surface area contributed by atoms with Crippen LogP contribution in [0.25, 0.3) is 0 Å². The molecule has 0 aliphatic carbocycles. The molecule has 3 atom stereocenters. The average Bonchev–Trinajstić information content (AvgIpc) is 2.38. The van der Waals surface area contributed by atoms with E-state index in [0.29, 0.717) is 6.61 Å². The van der Waals surface area contributed by atoms with Gasteiger partial charge in [-0.2, -0.15) is 5.48 Å². The highest BCUT2D eigenvalue weighted by molar-refractivity contribution is 5.13. The van der Waals surface area contributed by atoms with Crippen LogP contribution in [0.4, 0.5) is 0 Å². The minimum absolute atomic E-state index is 0.0397. The molecule has 1 rings (SSSR count). The third-order valence-electron chi connectivity index (χ3n) is 2.77. The Hall–Kier alpha value is -1.16. The molecule has 17 heavy (non-hydrogen) atoms. The molecule has 3 nitrogen and oxygen atoms in total. The molecule has 0 radical (unpaired) electrons. The number of benzene rings is 1. The molecule has 1 aromatic carbocycles. The van der Waals surface area contributed by atoms with E-state index in [1.165, 1.54) is 0 Å². The first-order chi connectivity index (χ1) is 8.15. The van der Waals surface area contributed by atoms with Crippen LogP contribution in [-0.2, 0) is 11.4 Å². The van der Waals surface area contributed by atoms with Crippen LogP contribution in [0.5, 0.6) is 0 Å². The molecular weight excluding hydrogens is 214 g/mol. The Balaban J connectivity index is 2.29. The lowest BCUT2D eigenvalue weighted by Gasteiger charge is -2.23. The van der Waals surface area contributed by atoms with Crippen molar-refractivity contribution in [1.82, 2.24) is 5.48 Å². The molecule has 0 fully saturated rings. The fourth-order valence-corrected chi connectivity index (χ4v) is 1.50. The van der Waals surface area contributed by atoms with Crippen LogP contribution in [0.3, 0.4) is 0 Å². The van der Waals surface area contributed by atoms with Crippen molar-refractivity contribution >= 4 is 0 Å². The van der Waals surface area contributed by atoms with Gasteiger partial charge in [0.05, 0.1) is 18.8 Å². The van der Waals surface area contributed by atoms with Crippen LogP contribution in [0, 0.1) is 5.92 Å². The van der Waals surface area contributed by atoms with Gasteiger partial charge in [0.25, 0.3) is 0 Å². The van der Waals surface area contributed by atoms with Crippen molar-refractivity contribution in [2.75, 3.05) is 0 Å². The summed E-state index contributed by atoms with van der Waals surface area (Å²) in [5.74, 6) is 0.0397. The number of rotatable bonds is 7. The number of nitrogens with one attached hydrogen (secondary N) is 1. The van der Waals surface area contributed by atoms with Crippen molar-refractivity contribution in [3.63, 3.8) is 0 Å².